The second kappa shape index (κ2) is 4.32. The van der Waals surface area contributed by atoms with Crippen LogP contribution in [0, 0.1) is 11.7 Å². The summed E-state index contributed by atoms with van der Waals surface area (Å²) < 4.78 is 13.4. The first-order valence-corrected chi connectivity index (χ1v) is 8.08. The number of aromatic nitrogens is 2. The number of piperidine rings is 3. The van der Waals surface area contributed by atoms with Crippen LogP contribution in [0.1, 0.15) is 19.3 Å². The van der Waals surface area contributed by atoms with Crippen molar-refractivity contribution < 1.29 is 4.39 Å². The van der Waals surface area contributed by atoms with Gasteiger partial charge in [0.1, 0.15) is 5.82 Å². The number of nitrogens with zero attached hydrogens (tertiary/aromatic N) is 3. The summed E-state index contributed by atoms with van der Waals surface area (Å²) in [6, 6.07) is 4.88. The molecule has 1 aromatic carbocycles. The van der Waals surface area contributed by atoms with Gasteiger partial charge in [0.05, 0.1) is 11.1 Å². The van der Waals surface area contributed by atoms with E-state index in [9.17, 15) is 4.39 Å². The van der Waals surface area contributed by atoms with Crippen molar-refractivity contribution in [2.75, 3.05) is 24.5 Å². The van der Waals surface area contributed by atoms with Crippen LogP contribution < -0.4 is 4.90 Å². The summed E-state index contributed by atoms with van der Waals surface area (Å²) in [7, 11) is 0. The molecule has 4 aliphatic heterocycles. The minimum absolute atomic E-state index is 0.146. The van der Waals surface area contributed by atoms with E-state index >= 15 is 0 Å². The predicted molar refractivity (Wildman–Crippen MR) is 84.2 cm³/mol. The number of anilines is 1. The molecular weight excluding hydrogens is 279 g/mol. The van der Waals surface area contributed by atoms with E-state index in [0.717, 1.165) is 35.6 Å². The largest absolute Gasteiger partial charge is 0.323 e. The number of nitrogens with one attached hydrogen (secondary N) is 1. The molecule has 5 heteroatoms. The number of halogens is 1. The van der Waals surface area contributed by atoms with Crippen LogP contribution in [0.2, 0.25) is 0 Å². The predicted octanol–water partition coefficient (Wildman–Crippen LogP) is 2.89. The van der Waals surface area contributed by atoms with Gasteiger partial charge in [-0.2, -0.15) is 5.10 Å². The SMILES string of the molecule is Fc1ccc2c(N3C=CC[C@@]34CN3CCC4CC3)n[nH]c2c1. The monoisotopic (exact) mass is 298 g/mol. The third-order valence-corrected chi connectivity index (χ3v) is 5.78. The van der Waals surface area contributed by atoms with E-state index in [1.54, 1.807) is 0 Å². The molecule has 1 N–H and O–H groups in total. The molecule has 2 aromatic rings. The smallest absolute Gasteiger partial charge is 0.162 e. The molecule has 1 atom stereocenters. The third kappa shape index (κ3) is 1.57. The number of aromatic amines is 1. The highest BCUT2D eigenvalue weighted by Crippen LogP contribution is 2.47. The minimum Gasteiger partial charge on any atom is -0.323 e. The molecule has 5 heterocycles. The van der Waals surface area contributed by atoms with Gasteiger partial charge in [-0.15, -0.1) is 0 Å². The average molecular weight is 298 g/mol. The van der Waals surface area contributed by atoms with Crippen LogP contribution in [-0.2, 0) is 0 Å². The molecule has 22 heavy (non-hydrogen) atoms. The van der Waals surface area contributed by atoms with Gasteiger partial charge in [0.2, 0.25) is 0 Å². The van der Waals surface area contributed by atoms with Crippen LogP contribution >= 0.6 is 0 Å². The Labute approximate surface area is 128 Å². The van der Waals surface area contributed by atoms with Crippen molar-refractivity contribution in [3.05, 3.63) is 36.3 Å². The molecule has 3 fully saturated rings. The number of hydrogen-bond acceptors (Lipinski definition) is 3. The fraction of sp³-hybridized carbons (Fsp3) is 0.471. The lowest BCUT2D eigenvalue weighted by Crippen LogP contribution is -2.64. The van der Waals surface area contributed by atoms with Gasteiger partial charge in [-0.05, 0) is 56.5 Å². The van der Waals surface area contributed by atoms with Crippen molar-refractivity contribution >= 4 is 16.7 Å². The lowest BCUT2D eigenvalue weighted by molar-refractivity contribution is 0.0333. The Morgan fingerprint density at radius 2 is 2.14 bits per heavy atom. The van der Waals surface area contributed by atoms with Crippen LogP contribution in [0.25, 0.3) is 10.9 Å². The first-order chi connectivity index (χ1) is 10.8. The minimum atomic E-state index is -0.225. The number of H-pyrrole nitrogens is 1. The summed E-state index contributed by atoms with van der Waals surface area (Å²) in [6.07, 6.45) is 8.08. The Bertz CT molecular complexity index is 759. The van der Waals surface area contributed by atoms with Gasteiger partial charge >= 0.3 is 0 Å². The topological polar surface area (TPSA) is 35.2 Å². The fourth-order valence-electron chi connectivity index (χ4n) is 4.70. The molecule has 0 amide bonds. The van der Waals surface area contributed by atoms with Crippen molar-refractivity contribution in [3.63, 3.8) is 0 Å². The Morgan fingerprint density at radius 3 is 2.91 bits per heavy atom. The second-order valence-electron chi connectivity index (χ2n) is 6.85. The van der Waals surface area contributed by atoms with Crippen molar-refractivity contribution in [1.82, 2.24) is 15.1 Å². The molecule has 4 aliphatic rings. The molecule has 0 radical (unpaired) electrons. The normalized spacial score (nSPS) is 33.4. The van der Waals surface area contributed by atoms with E-state index in [4.69, 9.17) is 0 Å². The number of benzene rings is 1. The van der Waals surface area contributed by atoms with Crippen LogP contribution in [0.4, 0.5) is 10.2 Å². The number of fused-ring (bicyclic) bond motifs is 3. The van der Waals surface area contributed by atoms with E-state index < -0.39 is 0 Å². The van der Waals surface area contributed by atoms with Gasteiger partial charge in [0, 0.05) is 18.1 Å². The third-order valence-electron chi connectivity index (χ3n) is 5.78. The summed E-state index contributed by atoms with van der Waals surface area (Å²) >= 11 is 0. The molecule has 1 spiro atoms. The Hall–Kier alpha value is -1.88. The quantitative estimate of drug-likeness (QED) is 0.879. The maximum absolute atomic E-state index is 13.4. The maximum Gasteiger partial charge on any atom is 0.162 e. The van der Waals surface area contributed by atoms with E-state index in [2.05, 4.69) is 32.3 Å². The molecule has 6 rings (SSSR count). The van der Waals surface area contributed by atoms with E-state index in [1.165, 1.54) is 38.1 Å². The molecule has 2 bridgehead atoms. The standard InChI is InChI=1S/C17H19FN4/c18-13-2-3-14-15(10-13)19-20-16(14)22-7-1-6-17(22)11-21-8-4-12(17)5-9-21/h1-3,7,10,12H,4-6,8-9,11H2,(H,19,20)/t17-/m0/s1. The zero-order valence-electron chi connectivity index (χ0n) is 12.4. The van der Waals surface area contributed by atoms with E-state index in [0.29, 0.717) is 0 Å². The molecule has 0 saturated carbocycles. The van der Waals surface area contributed by atoms with Gasteiger partial charge in [0.25, 0.3) is 0 Å². The average Bonchev–Trinajstić information content (AvgIpc) is 3.12. The highest BCUT2D eigenvalue weighted by atomic mass is 19.1. The molecular formula is C17H19FN4. The Balaban J connectivity index is 1.62. The first kappa shape index (κ1) is 12.6. The molecule has 4 nitrogen and oxygen atoms in total. The van der Waals surface area contributed by atoms with Crippen LogP contribution in [0.5, 0.6) is 0 Å². The molecule has 0 unspecified atom stereocenters. The van der Waals surface area contributed by atoms with Gasteiger partial charge in [-0.1, -0.05) is 6.08 Å². The van der Waals surface area contributed by atoms with Crippen LogP contribution in [-0.4, -0.2) is 40.3 Å². The van der Waals surface area contributed by atoms with Crippen molar-refractivity contribution in [2.24, 2.45) is 5.92 Å². The lowest BCUT2D eigenvalue weighted by atomic mass is 9.71. The second-order valence-corrected chi connectivity index (χ2v) is 6.85. The van der Waals surface area contributed by atoms with Gasteiger partial charge in [0.15, 0.2) is 5.82 Å². The Kier molecular flexibility index (Phi) is 2.48. The Morgan fingerprint density at radius 1 is 1.27 bits per heavy atom. The maximum atomic E-state index is 13.4. The van der Waals surface area contributed by atoms with E-state index in [1.807, 2.05) is 6.07 Å². The van der Waals surface area contributed by atoms with Gasteiger partial charge in [-0.25, -0.2) is 4.39 Å². The van der Waals surface area contributed by atoms with Crippen LogP contribution in [0.3, 0.4) is 0 Å². The lowest BCUT2D eigenvalue weighted by Gasteiger charge is -2.55. The summed E-state index contributed by atoms with van der Waals surface area (Å²) in [5.41, 5.74) is 0.916. The van der Waals surface area contributed by atoms with Crippen molar-refractivity contribution in [1.29, 1.82) is 0 Å². The molecule has 1 aromatic heterocycles. The summed E-state index contributed by atoms with van der Waals surface area (Å²) in [6.45, 7) is 3.57. The number of rotatable bonds is 1. The molecule has 0 aliphatic carbocycles. The zero-order chi connectivity index (χ0) is 14.7. The number of hydrogen-bond donors (Lipinski definition) is 1. The first-order valence-electron chi connectivity index (χ1n) is 8.08. The molecule has 3 saturated heterocycles. The van der Waals surface area contributed by atoms with Crippen LogP contribution in [0.15, 0.2) is 30.5 Å². The molecule has 114 valence electrons. The summed E-state index contributed by atoms with van der Waals surface area (Å²) in [5, 5.41) is 8.51. The highest BCUT2D eigenvalue weighted by Gasteiger charge is 2.51. The highest BCUT2D eigenvalue weighted by molar-refractivity contribution is 5.91. The van der Waals surface area contributed by atoms with Crippen molar-refractivity contribution in [2.45, 2.75) is 24.8 Å². The zero-order valence-corrected chi connectivity index (χ0v) is 12.4. The van der Waals surface area contributed by atoms with Gasteiger partial charge < -0.3 is 9.80 Å². The summed E-state index contributed by atoms with van der Waals surface area (Å²) in [5.74, 6) is 1.44. The fourth-order valence-corrected chi connectivity index (χ4v) is 4.70. The van der Waals surface area contributed by atoms with Gasteiger partial charge in [-0.3, -0.25) is 5.10 Å². The van der Waals surface area contributed by atoms with Crippen molar-refractivity contribution in [3.8, 4) is 0 Å². The summed E-state index contributed by atoms with van der Waals surface area (Å²) in [4.78, 5) is 4.94. The van der Waals surface area contributed by atoms with E-state index in [-0.39, 0.29) is 11.4 Å².